The number of rotatable bonds is 5. The maximum atomic E-state index is 5.46. The van der Waals surface area contributed by atoms with E-state index >= 15 is 0 Å². The maximum absolute atomic E-state index is 5.46. The smallest absolute Gasteiger partial charge is 0.0964 e. The van der Waals surface area contributed by atoms with Crippen molar-refractivity contribution in [2.45, 2.75) is 51.2 Å². The molecule has 0 saturated heterocycles. The summed E-state index contributed by atoms with van der Waals surface area (Å²) in [5.74, 6) is 0. The monoisotopic (exact) mass is 223 g/mol. The second-order valence-electron chi connectivity index (χ2n) is 4.48. The lowest BCUT2D eigenvalue weighted by Gasteiger charge is -2.22. The number of nitrogens with two attached hydrogens (primary N) is 1. The van der Waals surface area contributed by atoms with Crippen LogP contribution in [0.15, 0.2) is 6.20 Å². The fraction of sp³-hybridized carbons (Fsp3) is 0.818. The highest BCUT2D eigenvalue weighted by Crippen LogP contribution is 2.17. The van der Waals surface area contributed by atoms with Crippen molar-refractivity contribution in [3.63, 3.8) is 0 Å². The normalized spacial score (nSPS) is 17.8. The highest BCUT2D eigenvalue weighted by atomic mass is 15.4. The molecule has 0 spiro atoms. The summed E-state index contributed by atoms with van der Waals surface area (Å²) in [6.07, 6.45) is 8.69. The van der Waals surface area contributed by atoms with E-state index in [1.54, 1.807) is 4.68 Å². The molecule has 1 aromatic heterocycles. The van der Waals surface area contributed by atoms with Gasteiger partial charge in [0.15, 0.2) is 0 Å². The molecule has 1 fully saturated rings. The highest BCUT2D eigenvalue weighted by molar-refractivity contribution is 4.92. The lowest BCUT2D eigenvalue weighted by molar-refractivity contribution is 0.371. The Kier molecular flexibility index (Phi) is 4.30. The molecule has 1 heterocycles. The molecule has 1 aliphatic carbocycles. The molecule has 16 heavy (non-hydrogen) atoms. The molecule has 1 aromatic rings. The van der Waals surface area contributed by atoms with E-state index in [1.165, 1.54) is 32.1 Å². The minimum Gasteiger partial charge on any atom is -0.329 e. The van der Waals surface area contributed by atoms with Crippen LogP contribution in [0.2, 0.25) is 0 Å². The van der Waals surface area contributed by atoms with E-state index in [4.69, 9.17) is 5.73 Å². The number of hydrogen-bond donors (Lipinski definition) is 2. The van der Waals surface area contributed by atoms with Gasteiger partial charge in [-0.1, -0.05) is 24.5 Å². The van der Waals surface area contributed by atoms with Crippen molar-refractivity contribution in [2.75, 3.05) is 6.54 Å². The lowest BCUT2D eigenvalue weighted by atomic mass is 9.95. The molecule has 0 aliphatic heterocycles. The fourth-order valence-electron chi connectivity index (χ4n) is 2.22. The van der Waals surface area contributed by atoms with Crippen LogP contribution in [0, 0.1) is 0 Å². The SMILES string of the molecule is NCCn1cc(CNC2CCCCC2)nn1. The van der Waals surface area contributed by atoms with Crippen LogP contribution >= 0.6 is 0 Å². The molecule has 5 nitrogen and oxygen atoms in total. The molecule has 1 saturated carbocycles. The number of aromatic nitrogens is 3. The zero-order valence-corrected chi connectivity index (χ0v) is 9.73. The largest absolute Gasteiger partial charge is 0.329 e. The van der Waals surface area contributed by atoms with Crippen molar-refractivity contribution in [1.82, 2.24) is 20.3 Å². The first-order valence-electron chi connectivity index (χ1n) is 6.21. The van der Waals surface area contributed by atoms with E-state index in [0.717, 1.165) is 18.8 Å². The molecule has 0 amide bonds. The minimum absolute atomic E-state index is 0.610. The van der Waals surface area contributed by atoms with Crippen LogP contribution < -0.4 is 11.1 Å². The molecule has 3 N–H and O–H groups in total. The zero-order chi connectivity index (χ0) is 11.2. The van der Waals surface area contributed by atoms with Gasteiger partial charge in [0.2, 0.25) is 0 Å². The lowest BCUT2D eigenvalue weighted by Crippen LogP contribution is -2.30. The van der Waals surface area contributed by atoms with E-state index in [0.29, 0.717) is 12.6 Å². The van der Waals surface area contributed by atoms with Crippen molar-refractivity contribution in [3.05, 3.63) is 11.9 Å². The van der Waals surface area contributed by atoms with Crippen LogP contribution in [0.3, 0.4) is 0 Å². The van der Waals surface area contributed by atoms with Gasteiger partial charge in [-0.2, -0.15) is 0 Å². The van der Waals surface area contributed by atoms with Gasteiger partial charge in [-0.15, -0.1) is 5.10 Å². The summed E-state index contributed by atoms with van der Waals surface area (Å²) in [4.78, 5) is 0. The van der Waals surface area contributed by atoms with Gasteiger partial charge in [0.25, 0.3) is 0 Å². The fourth-order valence-corrected chi connectivity index (χ4v) is 2.22. The van der Waals surface area contributed by atoms with E-state index in [1.807, 2.05) is 6.20 Å². The molecular formula is C11H21N5. The third-order valence-corrected chi connectivity index (χ3v) is 3.12. The van der Waals surface area contributed by atoms with Gasteiger partial charge in [0.1, 0.15) is 0 Å². The Labute approximate surface area is 96.4 Å². The topological polar surface area (TPSA) is 68.8 Å². The van der Waals surface area contributed by atoms with Crippen LogP contribution in [0.25, 0.3) is 0 Å². The predicted molar refractivity (Wildman–Crippen MR) is 62.8 cm³/mol. The van der Waals surface area contributed by atoms with E-state index in [-0.39, 0.29) is 0 Å². The second kappa shape index (κ2) is 5.96. The molecular weight excluding hydrogens is 202 g/mol. The van der Waals surface area contributed by atoms with Crippen LogP contribution in [0.5, 0.6) is 0 Å². The first-order chi connectivity index (χ1) is 7.88. The van der Waals surface area contributed by atoms with Crippen molar-refractivity contribution in [2.24, 2.45) is 5.73 Å². The second-order valence-corrected chi connectivity index (χ2v) is 4.48. The molecule has 0 bridgehead atoms. The first kappa shape index (κ1) is 11.5. The molecule has 0 aromatic carbocycles. The average Bonchev–Trinajstić information content (AvgIpc) is 2.76. The molecule has 90 valence electrons. The van der Waals surface area contributed by atoms with Gasteiger partial charge in [-0.3, -0.25) is 4.68 Å². The quantitative estimate of drug-likeness (QED) is 0.769. The standard InChI is InChI=1S/C11H21N5/c12-6-7-16-9-11(14-15-16)8-13-10-4-2-1-3-5-10/h9-10,13H,1-8,12H2. The summed E-state index contributed by atoms with van der Waals surface area (Å²) >= 11 is 0. The average molecular weight is 223 g/mol. The molecule has 0 atom stereocenters. The van der Waals surface area contributed by atoms with Crippen LogP contribution in [-0.2, 0) is 13.1 Å². The van der Waals surface area contributed by atoms with Gasteiger partial charge < -0.3 is 11.1 Å². The van der Waals surface area contributed by atoms with Gasteiger partial charge in [-0.25, -0.2) is 0 Å². The third-order valence-electron chi connectivity index (χ3n) is 3.12. The highest BCUT2D eigenvalue weighted by Gasteiger charge is 2.12. The predicted octanol–water partition coefficient (Wildman–Crippen LogP) is 0.659. The number of hydrogen-bond acceptors (Lipinski definition) is 4. The number of nitrogens with zero attached hydrogens (tertiary/aromatic N) is 3. The molecule has 0 radical (unpaired) electrons. The van der Waals surface area contributed by atoms with Gasteiger partial charge in [-0.05, 0) is 12.8 Å². The number of nitrogens with one attached hydrogen (secondary N) is 1. The van der Waals surface area contributed by atoms with Crippen molar-refractivity contribution in [1.29, 1.82) is 0 Å². The van der Waals surface area contributed by atoms with Gasteiger partial charge in [0.05, 0.1) is 12.2 Å². The van der Waals surface area contributed by atoms with E-state index in [9.17, 15) is 0 Å². The molecule has 0 unspecified atom stereocenters. The Bertz CT molecular complexity index is 303. The summed E-state index contributed by atoms with van der Waals surface area (Å²) in [5.41, 5.74) is 6.47. The minimum atomic E-state index is 0.610. The summed E-state index contributed by atoms with van der Waals surface area (Å²) in [6.45, 7) is 2.19. The zero-order valence-electron chi connectivity index (χ0n) is 9.73. The van der Waals surface area contributed by atoms with E-state index < -0.39 is 0 Å². The van der Waals surface area contributed by atoms with Crippen LogP contribution in [0.4, 0.5) is 0 Å². The Morgan fingerprint density at radius 1 is 1.38 bits per heavy atom. The van der Waals surface area contributed by atoms with Crippen LogP contribution in [-0.4, -0.2) is 27.6 Å². The maximum Gasteiger partial charge on any atom is 0.0964 e. The first-order valence-corrected chi connectivity index (χ1v) is 6.21. The summed E-state index contributed by atoms with van der Waals surface area (Å²) in [6, 6.07) is 0.674. The van der Waals surface area contributed by atoms with Gasteiger partial charge in [0, 0.05) is 25.3 Å². The third kappa shape index (κ3) is 3.28. The Morgan fingerprint density at radius 3 is 2.94 bits per heavy atom. The summed E-state index contributed by atoms with van der Waals surface area (Å²) in [7, 11) is 0. The van der Waals surface area contributed by atoms with Crippen LogP contribution in [0.1, 0.15) is 37.8 Å². The van der Waals surface area contributed by atoms with E-state index in [2.05, 4.69) is 15.6 Å². The molecule has 1 aliphatic rings. The Morgan fingerprint density at radius 2 is 2.19 bits per heavy atom. The van der Waals surface area contributed by atoms with Crippen molar-refractivity contribution < 1.29 is 0 Å². The Balaban J connectivity index is 1.75. The van der Waals surface area contributed by atoms with Gasteiger partial charge >= 0.3 is 0 Å². The Hall–Kier alpha value is -0.940. The molecule has 2 rings (SSSR count). The molecule has 5 heteroatoms. The van der Waals surface area contributed by atoms with Crippen molar-refractivity contribution in [3.8, 4) is 0 Å². The summed E-state index contributed by atoms with van der Waals surface area (Å²) in [5, 5.41) is 11.7. The van der Waals surface area contributed by atoms with Crippen molar-refractivity contribution >= 4 is 0 Å². The summed E-state index contributed by atoms with van der Waals surface area (Å²) < 4.78 is 1.80.